The molecule has 1 amide bonds. The molecule has 3 N–H and O–H groups in total. The van der Waals surface area contributed by atoms with Crippen molar-refractivity contribution in [2.45, 2.75) is 19.4 Å². The molecular weight excluding hydrogens is 279 g/mol. The van der Waals surface area contributed by atoms with Crippen molar-refractivity contribution < 1.29 is 4.79 Å². The number of thiocarbonyl (C=S) groups is 1. The molecule has 0 unspecified atom stereocenters. The Hall–Kier alpha value is -0.840. The molecular formula is C11H12Cl2N2OS. The van der Waals surface area contributed by atoms with Gasteiger partial charge in [-0.3, -0.25) is 4.79 Å². The minimum Gasteiger partial charge on any atom is -0.391 e. The molecule has 0 atom stereocenters. The summed E-state index contributed by atoms with van der Waals surface area (Å²) < 4.78 is 0. The van der Waals surface area contributed by atoms with Crippen LogP contribution in [-0.4, -0.2) is 16.4 Å². The van der Waals surface area contributed by atoms with Crippen LogP contribution in [0.15, 0.2) is 18.2 Å². The first-order valence-electron chi connectivity index (χ1n) is 4.82. The molecule has 1 rings (SSSR count). The second-order valence-electron chi connectivity index (χ2n) is 4.04. The molecule has 0 saturated heterocycles. The molecule has 0 aromatic heterocycles. The highest BCUT2D eigenvalue weighted by Crippen LogP contribution is 2.24. The lowest BCUT2D eigenvalue weighted by molar-refractivity contribution is 0.0932. The molecule has 0 saturated carbocycles. The minimum atomic E-state index is -0.797. The number of hydrogen-bond acceptors (Lipinski definition) is 2. The largest absolute Gasteiger partial charge is 0.391 e. The van der Waals surface area contributed by atoms with E-state index in [0.717, 1.165) is 0 Å². The van der Waals surface area contributed by atoms with E-state index in [9.17, 15) is 4.79 Å². The molecule has 0 aliphatic carbocycles. The topological polar surface area (TPSA) is 55.1 Å². The smallest absolute Gasteiger partial charge is 0.255 e. The number of nitrogens with two attached hydrogens (primary N) is 1. The Morgan fingerprint density at radius 2 is 1.82 bits per heavy atom. The molecule has 0 heterocycles. The summed E-state index contributed by atoms with van der Waals surface area (Å²) in [6, 6.07) is 4.85. The monoisotopic (exact) mass is 290 g/mol. The summed E-state index contributed by atoms with van der Waals surface area (Å²) in [5.74, 6) is -0.404. The van der Waals surface area contributed by atoms with E-state index in [-0.39, 0.29) is 20.6 Å². The summed E-state index contributed by atoms with van der Waals surface area (Å²) in [5, 5.41) is 3.25. The van der Waals surface area contributed by atoms with Crippen LogP contribution in [0.2, 0.25) is 10.0 Å². The van der Waals surface area contributed by atoms with E-state index < -0.39 is 11.4 Å². The number of rotatable bonds is 3. The third-order valence-corrected chi connectivity index (χ3v) is 3.37. The summed E-state index contributed by atoms with van der Waals surface area (Å²) in [4.78, 5) is 12.2. The van der Waals surface area contributed by atoms with Crippen LogP contribution in [0.4, 0.5) is 0 Å². The fourth-order valence-corrected chi connectivity index (χ4v) is 1.74. The Morgan fingerprint density at radius 1 is 1.35 bits per heavy atom. The number of carbonyl (C=O) groups excluding carboxylic acids is 1. The van der Waals surface area contributed by atoms with Crippen LogP contribution >= 0.6 is 35.4 Å². The van der Waals surface area contributed by atoms with Crippen molar-refractivity contribution in [2.24, 2.45) is 5.73 Å². The van der Waals surface area contributed by atoms with Crippen LogP contribution in [0.3, 0.4) is 0 Å². The van der Waals surface area contributed by atoms with E-state index in [4.69, 9.17) is 41.2 Å². The Morgan fingerprint density at radius 3 is 2.24 bits per heavy atom. The molecule has 6 heteroatoms. The third-order valence-electron chi connectivity index (χ3n) is 2.23. The molecule has 0 aliphatic heterocycles. The lowest BCUT2D eigenvalue weighted by Gasteiger charge is -2.25. The van der Waals surface area contributed by atoms with E-state index in [1.807, 2.05) is 0 Å². The van der Waals surface area contributed by atoms with E-state index in [1.165, 1.54) is 0 Å². The molecule has 1 aromatic rings. The van der Waals surface area contributed by atoms with Crippen molar-refractivity contribution in [3.05, 3.63) is 33.8 Å². The number of amides is 1. The van der Waals surface area contributed by atoms with Gasteiger partial charge in [0.15, 0.2) is 0 Å². The molecule has 0 bridgehead atoms. The van der Waals surface area contributed by atoms with E-state index in [0.29, 0.717) is 0 Å². The summed E-state index contributed by atoms with van der Waals surface area (Å²) in [7, 11) is 0. The number of nitrogens with one attached hydrogen (secondary N) is 1. The van der Waals surface area contributed by atoms with E-state index >= 15 is 0 Å². The van der Waals surface area contributed by atoms with Crippen LogP contribution < -0.4 is 11.1 Å². The Kier molecular flexibility index (Phi) is 4.36. The van der Waals surface area contributed by atoms with Gasteiger partial charge in [-0.25, -0.2) is 0 Å². The third kappa shape index (κ3) is 3.31. The second kappa shape index (κ2) is 5.21. The number of halogens is 2. The Balaban J connectivity index is 3.03. The maximum atomic E-state index is 12.0. The maximum absolute atomic E-state index is 12.0. The number of carbonyl (C=O) groups is 1. The quantitative estimate of drug-likeness (QED) is 0.842. The zero-order valence-corrected chi connectivity index (χ0v) is 11.7. The predicted octanol–water partition coefficient (Wildman–Crippen LogP) is 2.79. The summed E-state index contributed by atoms with van der Waals surface area (Å²) in [5.41, 5.74) is 4.95. The Bertz CT molecular complexity index is 454. The van der Waals surface area contributed by atoms with E-state index in [2.05, 4.69) is 5.32 Å². The van der Waals surface area contributed by atoms with Gasteiger partial charge in [0.1, 0.15) is 0 Å². The van der Waals surface area contributed by atoms with Gasteiger partial charge in [0, 0.05) is 0 Å². The van der Waals surface area contributed by atoms with Crippen LogP contribution in [0.1, 0.15) is 24.2 Å². The van der Waals surface area contributed by atoms with Gasteiger partial charge in [-0.1, -0.05) is 41.5 Å². The fourth-order valence-electron chi connectivity index (χ4n) is 1.12. The van der Waals surface area contributed by atoms with Crippen LogP contribution in [0, 0.1) is 0 Å². The van der Waals surface area contributed by atoms with Crippen molar-refractivity contribution in [1.29, 1.82) is 0 Å². The number of hydrogen-bond donors (Lipinski definition) is 2. The van der Waals surface area contributed by atoms with Crippen LogP contribution in [-0.2, 0) is 0 Å². The highest BCUT2D eigenvalue weighted by Gasteiger charge is 2.26. The molecule has 0 aliphatic rings. The molecule has 0 spiro atoms. The van der Waals surface area contributed by atoms with Crippen molar-refractivity contribution in [1.82, 2.24) is 5.32 Å². The standard InChI is InChI=1S/C11H12Cl2N2OS/c1-11(2,10(14)17)15-9(16)8-6(12)4-3-5-7(8)13/h3-5H,1-2H3,(H2,14,17)(H,15,16). The van der Waals surface area contributed by atoms with Crippen molar-refractivity contribution in [3.8, 4) is 0 Å². The molecule has 17 heavy (non-hydrogen) atoms. The minimum absolute atomic E-state index is 0.189. The first-order chi connectivity index (χ1) is 7.75. The first kappa shape index (κ1) is 14.2. The Labute approximate surface area is 115 Å². The average Bonchev–Trinajstić information content (AvgIpc) is 2.15. The molecule has 0 fully saturated rings. The summed E-state index contributed by atoms with van der Waals surface area (Å²) >= 11 is 16.7. The zero-order chi connectivity index (χ0) is 13.2. The summed E-state index contributed by atoms with van der Waals surface area (Å²) in [6.45, 7) is 3.41. The predicted molar refractivity (Wildman–Crippen MR) is 74.8 cm³/mol. The van der Waals surface area contributed by atoms with Gasteiger partial charge in [0.05, 0.1) is 26.1 Å². The van der Waals surface area contributed by atoms with Gasteiger partial charge >= 0.3 is 0 Å². The average molecular weight is 291 g/mol. The van der Waals surface area contributed by atoms with Gasteiger partial charge < -0.3 is 11.1 Å². The molecule has 1 aromatic carbocycles. The zero-order valence-electron chi connectivity index (χ0n) is 9.38. The number of benzene rings is 1. The maximum Gasteiger partial charge on any atom is 0.255 e. The van der Waals surface area contributed by atoms with Crippen molar-refractivity contribution in [3.63, 3.8) is 0 Å². The second-order valence-corrected chi connectivity index (χ2v) is 5.29. The normalized spacial score (nSPS) is 11.1. The lowest BCUT2D eigenvalue weighted by atomic mass is 10.0. The highest BCUT2D eigenvalue weighted by atomic mass is 35.5. The summed E-state index contributed by atoms with van der Waals surface area (Å²) in [6.07, 6.45) is 0. The lowest BCUT2D eigenvalue weighted by Crippen LogP contribution is -2.52. The van der Waals surface area contributed by atoms with Crippen LogP contribution in [0.25, 0.3) is 0 Å². The van der Waals surface area contributed by atoms with E-state index in [1.54, 1.807) is 32.0 Å². The van der Waals surface area contributed by atoms with Gasteiger partial charge in [-0.05, 0) is 26.0 Å². The van der Waals surface area contributed by atoms with Crippen LogP contribution in [0.5, 0.6) is 0 Å². The molecule has 3 nitrogen and oxygen atoms in total. The van der Waals surface area contributed by atoms with Crippen molar-refractivity contribution in [2.75, 3.05) is 0 Å². The van der Waals surface area contributed by atoms with Crippen molar-refractivity contribution >= 4 is 46.3 Å². The molecule has 92 valence electrons. The first-order valence-corrected chi connectivity index (χ1v) is 5.98. The van der Waals surface area contributed by atoms with Gasteiger partial charge in [-0.15, -0.1) is 0 Å². The van der Waals surface area contributed by atoms with Gasteiger partial charge in [0.25, 0.3) is 5.91 Å². The fraction of sp³-hybridized carbons (Fsp3) is 0.273. The van der Waals surface area contributed by atoms with Gasteiger partial charge in [-0.2, -0.15) is 0 Å². The van der Waals surface area contributed by atoms with Gasteiger partial charge in [0.2, 0.25) is 0 Å². The highest BCUT2D eigenvalue weighted by molar-refractivity contribution is 7.80. The molecule has 0 radical (unpaired) electrons. The SMILES string of the molecule is CC(C)(NC(=O)c1c(Cl)cccc1Cl)C(N)=S.